The molecular formula is C16H24ClNO3S. The fourth-order valence-corrected chi connectivity index (χ4v) is 2.72. The van der Waals surface area contributed by atoms with Gasteiger partial charge >= 0.3 is 0 Å². The van der Waals surface area contributed by atoms with Gasteiger partial charge in [-0.3, -0.25) is 4.55 Å². The normalized spacial score (nSPS) is 13.9. The van der Waals surface area contributed by atoms with E-state index in [1.807, 2.05) is 30.3 Å². The molecule has 2 N–H and O–H groups in total. The predicted octanol–water partition coefficient (Wildman–Crippen LogP) is 3.64. The quantitative estimate of drug-likeness (QED) is 0.529. The van der Waals surface area contributed by atoms with Crippen molar-refractivity contribution >= 4 is 27.8 Å². The third-order valence-corrected chi connectivity index (χ3v) is 4.16. The molecule has 124 valence electrons. The molecule has 0 unspecified atom stereocenters. The second-order valence-electron chi connectivity index (χ2n) is 5.74. The maximum Gasteiger partial charge on any atom is 0.264 e. The summed E-state index contributed by atoms with van der Waals surface area (Å²) < 4.78 is 30.1. The molecule has 0 spiro atoms. The summed E-state index contributed by atoms with van der Waals surface area (Å²) in [6.45, 7) is 4.83. The highest BCUT2D eigenvalue weighted by Crippen LogP contribution is 2.12. The van der Waals surface area contributed by atoms with Crippen LogP contribution in [0.5, 0.6) is 0 Å². The van der Waals surface area contributed by atoms with E-state index in [0.717, 1.165) is 12.0 Å². The van der Waals surface area contributed by atoms with Crippen molar-refractivity contribution < 1.29 is 13.0 Å². The average molecular weight is 346 g/mol. The van der Waals surface area contributed by atoms with Crippen molar-refractivity contribution in [3.8, 4) is 0 Å². The van der Waals surface area contributed by atoms with Crippen LogP contribution in [-0.4, -0.2) is 31.3 Å². The molecule has 0 heterocycles. The Bertz CT molecular complexity index is 568. The van der Waals surface area contributed by atoms with E-state index in [2.05, 4.69) is 25.2 Å². The number of hydrogen-bond acceptors (Lipinski definition) is 3. The van der Waals surface area contributed by atoms with Crippen molar-refractivity contribution in [2.24, 2.45) is 5.92 Å². The van der Waals surface area contributed by atoms with Gasteiger partial charge in [0, 0.05) is 11.1 Å². The third kappa shape index (κ3) is 9.20. The van der Waals surface area contributed by atoms with Gasteiger partial charge in [-0.15, -0.1) is 0 Å². The van der Waals surface area contributed by atoms with Crippen LogP contribution in [-0.2, 0) is 10.1 Å². The van der Waals surface area contributed by atoms with Crippen LogP contribution in [0.3, 0.4) is 0 Å². The molecular weight excluding hydrogens is 322 g/mol. The first kappa shape index (κ1) is 19.2. The first-order chi connectivity index (χ1) is 10.3. The van der Waals surface area contributed by atoms with E-state index in [1.165, 1.54) is 0 Å². The SMILES string of the molecule is CC(C)C[C@H](C=Cc1ccc(Cl)cc1)NCCCS(=O)(=O)O. The standard InChI is InChI=1S/C16H24ClNO3S/c1-13(2)12-16(18-10-3-11-22(19,20)21)9-6-14-4-7-15(17)8-5-14/h4-9,13,16,18H,3,10-12H2,1-2H3,(H,19,20,21)/t16-/m0/s1. The molecule has 1 aromatic rings. The zero-order valence-corrected chi connectivity index (χ0v) is 14.6. The van der Waals surface area contributed by atoms with Gasteiger partial charge in [0.25, 0.3) is 10.1 Å². The van der Waals surface area contributed by atoms with Crippen LogP contribution in [0.2, 0.25) is 5.02 Å². The minimum Gasteiger partial charge on any atom is -0.310 e. The molecule has 4 nitrogen and oxygen atoms in total. The molecule has 0 bridgehead atoms. The summed E-state index contributed by atoms with van der Waals surface area (Å²) in [5, 5.41) is 4.02. The topological polar surface area (TPSA) is 66.4 Å². The van der Waals surface area contributed by atoms with Crippen LogP contribution in [0.4, 0.5) is 0 Å². The molecule has 0 saturated carbocycles. The summed E-state index contributed by atoms with van der Waals surface area (Å²) in [5.41, 5.74) is 1.07. The van der Waals surface area contributed by atoms with Crippen LogP contribution in [0.1, 0.15) is 32.3 Å². The lowest BCUT2D eigenvalue weighted by Gasteiger charge is -2.17. The monoisotopic (exact) mass is 345 g/mol. The Morgan fingerprint density at radius 2 is 1.91 bits per heavy atom. The molecule has 0 saturated heterocycles. The van der Waals surface area contributed by atoms with Crippen molar-refractivity contribution in [2.45, 2.75) is 32.7 Å². The highest BCUT2D eigenvalue weighted by molar-refractivity contribution is 7.85. The van der Waals surface area contributed by atoms with Gasteiger partial charge in [-0.1, -0.05) is 49.7 Å². The van der Waals surface area contributed by atoms with Crippen molar-refractivity contribution in [2.75, 3.05) is 12.3 Å². The molecule has 1 aromatic carbocycles. The third-order valence-electron chi connectivity index (χ3n) is 3.10. The van der Waals surface area contributed by atoms with Crippen LogP contribution in [0.25, 0.3) is 6.08 Å². The second kappa shape index (κ2) is 9.30. The van der Waals surface area contributed by atoms with Crippen molar-refractivity contribution in [1.29, 1.82) is 0 Å². The van der Waals surface area contributed by atoms with E-state index in [4.69, 9.17) is 16.2 Å². The summed E-state index contributed by atoms with van der Waals surface area (Å²) >= 11 is 5.86. The summed E-state index contributed by atoms with van der Waals surface area (Å²) in [5.74, 6) is 0.309. The lowest BCUT2D eigenvalue weighted by Crippen LogP contribution is -2.30. The number of hydrogen-bond donors (Lipinski definition) is 2. The molecule has 1 rings (SSSR count). The number of benzene rings is 1. The zero-order chi connectivity index (χ0) is 16.6. The van der Waals surface area contributed by atoms with Crippen molar-refractivity contribution in [1.82, 2.24) is 5.32 Å². The van der Waals surface area contributed by atoms with Gasteiger partial charge in [-0.25, -0.2) is 0 Å². The molecule has 0 aromatic heterocycles. The maximum absolute atomic E-state index is 10.7. The minimum atomic E-state index is -3.87. The number of nitrogens with one attached hydrogen (secondary N) is 1. The van der Waals surface area contributed by atoms with E-state index in [-0.39, 0.29) is 11.8 Å². The van der Waals surface area contributed by atoms with Gasteiger partial charge in [0.2, 0.25) is 0 Å². The first-order valence-electron chi connectivity index (χ1n) is 7.38. The smallest absolute Gasteiger partial charge is 0.264 e. The molecule has 0 radical (unpaired) electrons. The molecule has 1 atom stereocenters. The van der Waals surface area contributed by atoms with E-state index >= 15 is 0 Å². The lowest BCUT2D eigenvalue weighted by atomic mass is 10.0. The summed E-state index contributed by atoms with van der Waals surface area (Å²) in [6, 6.07) is 7.75. The molecule has 6 heteroatoms. The van der Waals surface area contributed by atoms with Crippen LogP contribution >= 0.6 is 11.6 Å². The molecule has 0 aliphatic rings. The Labute approximate surface area is 138 Å². The molecule has 0 aliphatic carbocycles. The summed E-state index contributed by atoms with van der Waals surface area (Å²) in [4.78, 5) is 0. The second-order valence-corrected chi connectivity index (χ2v) is 7.75. The van der Waals surface area contributed by atoms with Gasteiger partial charge in [0.05, 0.1) is 5.75 Å². The lowest BCUT2D eigenvalue weighted by molar-refractivity contribution is 0.462. The molecule has 0 amide bonds. The van der Waals surface area contributed by atoms with Crippen molar-refractivity contribution in [3.05, 3.63) is 40.9 Å². The first-order valence-corrected chi connectivity index (χ1v) is 9.37. The van der Waals surface area contributed by atoms with Gasteiger partial charge in [0.15, 0.2) is 0 Å². The average Bonchev–Trinajstić information content (AvgIpc) is 2.40. The maximum atomic E-state index is 10.7. The molecule has 0 aliphatic heterocycles. The number of rotatable bonds is 9. The Morgan fingerprint density at radius 3 is 2.45 bits per heavy atom. The van der Waals surface area contributed by atoms with Crippen LogP contribution < -0.4 is 5.32 Å². The Hall–Kier alpha value is -0.880. The predicted molar refractivity (Wildman–Crippen MR) is 92.8 cm³/mol. The highest BCUT2D eigenvalue weighted by atomic mass is 35.5. The minimum absolute atomic E-state index is 0.164. The Morgan fingerprint density at radius 1 is 1.27 bits per heavy atom. The fourth-order valence-electron chi connectivity index (χ4n) is 2.08. The van der Waals surface area contributed by atoms with E-state index in [0.29, 0.717) is 23.9 Å². The fraction of sp³-hybridized carbons (Fsp3) is 0.500. The van der Waals surface area contributed by atoms with E-state index < -0.39 is 10.1 Å². The van der Waals surface area contributed by atoms with Gasteiger partial charge in [-0.2, -0.15) is 8.42 Å². The molecule has 0 fully saturated rings. The van der Waals surface area contributed by atoms with Gasteiger partial charge in [0.1, 0.15) is 0 Å². The van der Waals surface area contributed by atoms with E-state index in [1.54, 1.807) is 0 Å². The van der Waals surface area contributed by atoms with Gasteiger partial charge < -0.3 is 5.32 Å². The summed E-state index contributed by atoms with van der Waals surface area (Å²) in [7, 11) is -3.87. The summed E-state index contributed by atoms with van der Waals surface area (Å²) in [6.07, 6.45) is 5.45. The van der Waals surface area contributed by atoms with Crippen LogP contribution in [0, 0.1) is 5.92 Å². The molecule has 22 heavy (non-hydrogen) atoms. The Balaban J connectivity index is 2.54. The van der Waals surface area contributed by atoms with Gasteiger partial charge in [-0.05, 0) is 43.0 Å². The Kier molecular flexibility index (Phi) is 8.10. The zero-order valence-electron chi connectivity index (χ0n) is 13.0. The van der Waals surface area contributed by atoms with E-state index in [9.17, 15) is 8.42 Å². The largest absolute Gasteiger partial charge is 0.310 e. The number of halogens is 1. The van der Waals surface area contributed by atoms with Crippen LogP contribution in [0.15, 0.2) is 30.3 Å². The van der Waals surface area contributed by atoms with Crippen molar-refractivity contribution in [3.63, 3.8) is 0 Å². The highest BCUT2D eigenvalue weighted by Gasteiger charge is 2.08.